The number of hydrogen-bond acceptors (Lipinski definition) is 5. The Kier molecular flexibility index (Phi) is 5.47. The predicted molar refractivity (Wildman–Crippen MR) is 137 cm³/mol. The molecule has 190 valence electrons. The molecule has 0 saturated heterocycles. The van der Waals surface area contributed by atoms with Crippen LogP contribution in [-0.2, 0) is 12.0 Å². The largest absolute Gasteiger partial charge is 0.272 e. The first-order chi connectivity index (χ1) is 17.8. The Labute approximate surface area is 215 Å². The van der Waals surface area contributed by atoms with Crippen LogP contribution in [0.4, 0.5) is 8.78 Å². The van der Waals surface area contributed by atoms with Crippen LogP contribution in [0.5, 0.6) is 0 Å². The van der Waals surface area contributed by atoms with Crippen molar-refractivity contribution in [1.29, 1.82) is 0 Å². The molecule has 4 aromatic rings. The number of fused-ring (bicyclic) bond motifs is 5. The molecule has 0 aliphatic heterocycles. The molecule has 2 aliphatic rings. The van der Waals surface area contributed by atoms with Gasteiger partial charge in [0.15, 0.2) is 0 Å². The molecule has 1 aromatic carbocycles. The van der Waals surface area contributed by atoms with E-state index in [9.17, 15) is 8.78 Å². The fourth-order valence-electron chi connectivity index (χ4n) is 6.50. The van der Waals surface area contributed by atoms with Crippen LogP contribution in [0.15, 0.2) is 48.9 Å². The number of nitrogens with zero attached hydrogens (tertiary/aromatic N) is 6. The monoisotopic (exact) mass is 500 g/mol. The summed E-state index contributed by atoms with van der Waals surface area (Å²) in [6.07, 6.45) is 8.45. The van der Waals surface area contributed by atoms with Crippen molar-refractivity contribution < 1.29 is 8.78 Å². The molecule has 1 fully saturated rings. The summed E-state index contributed by atoms with van der Waals surface area (Å²) in [6, 6.07) is 7.65. The van der Waals surface area contributed by atoms with E-state index in [-0.39, 0.29) is 22.6 Å². The van der Waals surface area contributed by atoms with Gasteiger partial charge in [-0.1, -0.05) is 40.2 Å². The summed E-state index contributed by atoms with van der Waals surface area (Å²) >= 11 is 0. The molecule has 0 spiro atoms. The molecule has 2 bridgehead atoms. The number of halogens is 2. The lowest BCUT2D eigenvalue weighted by Crippen LogP contribution is -2.38. The third-order valence-electron chi connectivity index (χ3n) is 8.77. The van der Waals surface area contributed by atoms with Gasteiger partial charge in [-0.25, -0.2) is 13.8 Å². The smallest absolute Gasteiger partial charge is 0.135 e. The van der Waals surface area contributed by atoms with Crippen molar-refractivity contribution in [1.82, 2.24) is 29.9 Å². The van der Waals surface area contributed by atoms with E-state index in [1.54, 1.807) is 6.20 Å². The van der Waals surface area contributed by atoms with Crippen molar-refractivity contribution in [2.45, 2.75) is 64.8 Å². The van der Waals surface area contributed by atoms with Crippen LogP contribution in [0.2, 0.25) is 0 Å². The lowest BCUT2D eigenvalue weighted by atomic mass is 9.66. The SMILES string of the molecule is CC[C@@H](C)Cn1ccc(-c2cncc([C@@]34CC[C@@H](c5cc(-c6c(F)cccc6F)nnc53)C4(C)C)n2)n1. The molecule has 6 rings (SSSR count). The van der Waals surface area contributed by atoms with Crippen molar-refractivity contribution in [3.8, 4) is 22.6 Å². The van der Waals surface area contributed by atoms with E-state index < -0.39 is 17.0 Å². The van der Waals surface area contributed by atoms with Gasteiger partial charge in [0.2, 0.25) is 0 Å². The van der Waals surface area contributed by atoms with E-state index in [1.165, 1.54) is 18.2 Å². The normalized spacial score (nSPS) is 22.3. The standard InChI is InChI=1S/C29H30F2N6/c1-5-17(2)16-37-12-10-22(36-37)24-14-32-15-25(33-24)29-11-9-19(28(29,3)4)18-13-23(34-35-27(18)29)26-20(30)7-6-8-21(26)31/h6-8,10,12-15,17,19H,5,9,11,16H2,1-4H3/t17-,19+,29+/m1/s1. The number of aromatic nitrogens is 6. The summed E-state index contributed by atoms with van der Waals surface area (Å²) in [5.41, 5.74) is 3.55. The Morgan fingerprint density at radius 2 is 1.84 bits per heavy atom. The van der Waals surface area contributed by atoms with Gasteiger partial charge in [0.1, 0.15) is 23.0 Å². The number of hydrogen-bond donors (Lipinski definition) is 0. The zero-order valence-electron chi connectivity index (χ0n) is 21.5. The van der Waals surface area contributed by atoms with E-state index in [2.05, 4.69) is 42.9 Å². The maximum atomic E-state index is 14.5. The Balaban J connectivity index is 1.43. The first-order valence-corrected chi connectivity index (χ1v) is 12.9. The van der Waals surface area contributed by atoms with Gasteiger partial charge in [-0.15, -0.1) is 5.10 Å². The van der Waals surface area contributed by atoms with Gasteiger partial charge in [-0.2, -0.15) is 10.2 Å². The summed E-state index contributed by atoms with van der Waals surface area (Å²) in [7, 11) is 0. The highest BCUT2D eigenvalue weighted by Crippen LogP contribution is 2.69. The summed E-state index contributed by atoms with van der Waals surface area (Å²) in [6.45, 7) is 9.70. The molecule has 6 nitrogen and oxygen atoms in total. The van der Waals surface area contributed by atoms with Gasteiger partial charge < -0.3 is 0 Å². The van der Waals surface area contributed by atoms with Crippen molar-refractivity contribution in [2.75, 3.05) is 0 Å². The second-order valence-corrected chi connectivity index (χ2v) is 11.1. The van der Waals surface area contributed by atoms with Crippen molar-refractivity contribution >= 4 is 0 Å². The van der Waals surface area contributed by atoms with Crippen molar-refractivity contribution in [3.63, 3.8) is 0 Å². The van der Waals surface area contributed by atoms with Crippen LogP contribution in [0.1, 0.15) is 69.8 Å². The average Bonchev–Trinajstić information content (AvgIpc) is 3.51. The molecule has 0 N–H and O–H groups in total. The van der Waals surface area contributed by atoms with E-state index in [0.717, 1.165) is 54.1 Å². The minimum Gasteiger partial charge on any atom is -0.272 e. The molecule has 37 heavy (non-hydrogen) atoms. The van der Waals surface area contributed by atoms with E-state index in [0.29, 0.717) is 5.92 Å². The highest BCUT2D eigenvalue weighted by atomic mass is 19.1. The maximum absolute atomic E-state index is 14.5. The maximum Gasteiger partial charge on any atom is 0.135 e. The number of benzene rings is 1. The zero-order valence-corrected chi connectivity index (χ0v) is 21.5. The highest BCUT2D eigenvalue weighted by molar-refractivity contribution is 5.64. The topological polar surface area (TPSA) is 69.4 Å². The second-order valence-electron chi connectivity index (χ2n) is 11.1. The van der Waals surface area contributed by atoms with E-state index in [4.69, 9.17) is 10.1 Å². The molecule has 3 aromatic heterocycles. The Hall–Kier alpha value is -3.55. The molecular weight excluding hydrogens is 470 g/mol. The van der Waals surface area contributed by atoms with Crippen LogP contribution in [0.25, 0.3) is 22.6 Å². The molecule has 3 heterocycles. The van der Waals surface area contributed by atoms with Crippen molar-refractivity contribution in [2.24, 2.45) is 11.3 Å². The van der Waals surface area contributed by atoms with Gasteiger partial charge in [0.25, 0.3) is 0 Å². The summed E-state index contributed by atoms with van der Waals surface area (Å²) in [4.78, 5) is 9.66. The van der Waals surface area contributed by atoms with Crippen molar-refractivity contribution in [3.05, 3.63) is 77.5 Å². The van der Waals surface area contributed by atoms with Gasteiger partial charge in [-0.05, 0) is 59.9 Å². The van der Waals surface area contributed by atoms with E-state index in [1.807, 2.05) is 29.2 Å². The predicted octanol–water partition coefficient (Wildman–Crippen LogP) is 6.32. The van der Waals surface area contributed by atoms with Crippen LogP contribution in [0, 0.1) is 23.0 Å². The van der Waals surface area contributed by atoms with Gasteiger partial charge in [0.05, 0.1) is 34.3 Å². The fraction of sp³-hybridized carbons (Fsp3) is 0.414. The summed E-state index contributed by atoms with van der Waals surface area (Å²) in [5, 5.41) is 13.7. The average molecular weight is 501 g/mol. The third-order valence-corrected chi connectivity index (χ3v) is 8.77. The van der Waals surface area contributed by atoms with Crippen LogP contribution < -0.4 is 0 Å². The minimum atomic E-state index is -0.641. The zero-order chi connectivity index (χ0) is 25.9. The molecular formula is C29H30F2N6. The molecule has 2 aliphatic carbocycles. The van der Waals surface area contributed by atoms with Crippen LogP contribution >= 0.6 is 0 Å². The second kappa shape index (κ2) is 8.50. The first-order valence-electron chi connectivity index (χ1n) is 12.9. The van der Waals surface area contributed by atoms with Gasteiger partial charge in [0, 0.05) is 18.9 Å². The fourth-order valence-corrected chi connectivity index (χ4v) is 6.50. The van der Waals surface area contributed by atoms with Gasteiger partial charge in [-0.3, -0.25) is 9.67 Å². The number of rotatable bonds is 6. The molecule has 0 unspecified atom stereocenters. The van der Waals surface area contributed by atoms with E-state index >= 15 is 0 Å². The third kappa shape index (κ3) is 3.45. The molecule has 0 amide bonds. The summed E-state index contributed by atoms with van der Waals surface area (Å²) in [5.74, 6) is -0.571. The van der Waals surface area contributed by atoms with Crippen LogP contribution in [0.3, 0.4) is 0 Å². The van der Waals surface area contributed by atoms with Crippen LogP contribution in [-0.4, -0.2) is 29.9 Å². The molecule has 3 atom stereocenters. The summed E-state index contributed by atoms with van der Waals surface area (Å²) < 4.78 is 31.0. The Bertz CT molecular complexity index is 1480. The molecule has 1 saturated carbocycles. The first kappa shape index (κ1) is 23.8. The minimum absolute atomic E-state index is 0.137. The lowest BCUT2D eigenvalue weighted by Gasteiger charge is -2.37. The molecule has 8 heteroatoms. The Morgan fingerprint density at radius 3 is 2.59 bits per heavy atom. The van der Waals surface area contributed by atoms with Gasteiger partial charge >= 0.3 is 0 Å². The highest BCUT2D eigenvalue weighted by Gasteiger charge is 2.65. The lowest BCUT2D eigenvalue weighted by molar-refractivity contribution is 0.242. The quantitative estimate of drug-likeness (QED) is 0.310. The Morgan fingerprint density at radius 1 is 1.05 bits per heavy atom. The molecule has 0 radical (unpaired) electrons.